The molecule has 0 radical (unpaired) electrons. The third-order valence-electron chi connectivity index (χ3n) is 3.49. The molecular formula is C18H21N3O2. The normalized spacial score (nSPS) is 10.4. The Hall–Kier alpha value is -2.82. The molecule has 0 saturated heterocycles. The predicted octanol–water partition coefficient (Wildman–Crippen LogP) is 2.96. The van der Waals surface area contributed by atoms with E-state index in [9.17, 15) is 9.59 Å². The molecule has 0 saturated carbocycles. The molecular weight excluding hydrogens is 290 g/mol. The molecule has 0 aromatic heterocycles. The molecule has 0 aliphatic carbocycles. The van der Waals surface area contributed by atoms with Gasteiger partial charge in [-0.15, -0.1) is 0 Å². The van der Waals surface area contributed by atoms with Gasteiger partial charge in [-0.3, -0.25) is 9.59 Å². The van der Waals surface area contributed by atoms with Crippen molar-refractivity contribution in [2.24, 2.45) is 5.73 Å². The Kier molecular flexibility index (Phi) is 5.36. The molecule has 2 amide bonds. The molecule has 0 bridgehead atoms. The summed E-state index contributed by atoms with van der Waals surface area (Å²) in [5.41, 5.74) is 8.17. The van der Waals surface area contributed by atoms with E-state index in [1.165, 1.54) is 5.56 Å². The van der Waals surface area contributed by atoms with Crippen LogP contribution in [0.2, 0.25) is 0 Å². The first kappa shape index (κ1) is 16.5. The van der Waals surface area contributed by atoms with E-state index in [-0.39, 0.29) is 12.5 Å². The first-order valence-electron chi connectivity index (χ1n) is 7.50. The van der Waals surface area contributed by atoms with Gasteiger partial charge in [0.2, 0.25) is 5.91 Å². The van der Waals surface area contributed by atoms with Gasteiger partial charge >= 0.3 is 0 Å². The number of hydrogen-bond donors (Lipinski definition) is 3. The van der Waals surface area contributed by atoms with Gasteiger partial charge in [0.05, 0.1) is 12.1 Å². The van der Waals surface area contributed by atoms with Crippen LogP contribution in [0.4, 0.5) is 11.4 Å². The summed E-state index contributed by atoms with van der Waals surface area (Å²) in [4.78, 5) is 23.3. The Morgan fingerprint density at radius 3 is 2.30 bits per heavy atom. The lowest BCUT2D eigenvalue weighted by molar-refractivity contribution is -0.114. The minimum absolute atomic E-state index is 0.0518. The molecule has 0 atom stereocenters. The summed E-state index contributed by atoms with van der Waals surface area (Å²) in [6.45, 7) is 4.29. The molecule has 4 N–H and O–H groups in total. The zero-order chi connectivity index (χ0) is 16.8. The predicted molar refractivity (Wildman–Crippen MR) is 92.6 cm³/mol. The number of hydrogen-bond acceptors (Lipinski definition) is 3. The lowest BCUT2D eigenvalue weighted by atomic mass is 10.0. The molecule has 23 heavy (non-hydrogen) atoms. The maximum Gasteiger partial charge on any atom is 0.250 e. The van der Waals surface area contributed by atoms with Crippen LogP contribution in [0.15, 0.2) is 48.5 Å². The molecule has 0 heterocycles. The van der Waals surface area contributed by atoms with Crippen LogP contribution in [0.25, 0.3) is 0 Å². The zero-order valence-corrected chi connectivity index (χ0v) is 13.3. The highest BCUT2D eigenvalue weighted by Crippen LogP contribution is 2.17. The van der Waals surface area contributed by atoms with Crippen LogP contribution >= 0.6 is 0 Å². The van der Waals surface area contributed by atoms with Gasteiger partial charge in [-0.1, -0.05) is 38.1 Å². The lowest BCUT2D eigenvalue weighted by Gasteiger charge is -2.11. The molecule has 0 fully saturated rings. The van der Waals surface area contributed by atoms with Gasteiger partial charge in [-0.25, -0.2) is 0 Å². The van der Waals surface area contributed by atoms with Crippen LogP contribution in [0.5, 0.6) is 0 Å². The summed E-state index contributed by atoms with van der Waals surface area (Å²) in [5, 5.41) is 5.74. The van der Waals surface area contributed by atoms with Crippen molar-refractivity contribution in [3.05, 3.63) is 59.7 Å². The number of anilines is 2. The lowest BCUT2D eigenvalue weighted by Crippen LogP contribution is -2.23. The average Bonchev–Trinajstić information content (AvgIpc) is 2.53. The van der Waals surface area contributed by atoms with Crippen molar-refractivity contribution in [2.45, 2.75) is 19.8 Å². The molecule has 0 unspecified atom stereocenters. The second-order valence-electron chi connectivity index (χ2n) is 5.59. The van der Waals surface area contributed by atoms with Crippen LogP contribution in [0, 0.1) is 0 Å². The highest BCUT2D eigenvalue weighted by atomic mass is 16.2. The van der Waals surface area contributed by atoms with Crippen LogP contribution in [-0.4, -0.2) is 18.4 Å². The van der Waals surface area contributed by atoms with Crippen molar-refractivity contribution in [3.63, 3.8) is 0 Å². The van der Waals surface area contributed by atoms with E-state index < -0.39 is 5.91 Å². The number of rotatable bonds is 6. The van der Waals surface area contributed by atoms with Gasteiger partial charge in [0, 0.05) is 11.4 Å². The van der Waals surface area contributed by atoms with Gasteiger partial charge in [0.25, 0.3) is 5.91 Å². The number of nitrogens with two attached hydrogens (primary N) is 1. The standard InChI is InChI=1S/C18H21N3O2/c1-12(2)13-7-9-14(10-8-13)21-17(22)11-20-16-6-4-3-5-15(16)18(19)23/h3-10,12,20H,11H2,1-2H3,(H2,19,23)(H,21,22). The van der Waals surface area contributed by atoms with Gasteiger partial charge in [0.15, 0.2) is 0 Å². The molecule has 5 nitrogen and oxygen atoms in total. The van der Waals surface area contributed by atoms with E-state index in [4.69, 9.17) is 5.73 Å². The fraction of sp³-hybridized carbons (Fsp3) is 0.222. The van der Waals surface area contributed by atoms with Crippen molar-refractivity contribution in [1.29, 1.82) is 0 Å². The van der Waals surface area contributed by atoms with Crippen LogP contribution < -0.4 is 16.4 Å². The van der Waals surface area contributed by atoms with Gasteiger partial charge < -0.3 is 16.4 Å². The Balaban J connectivity index is 1.94. The quantitative estimate of drug-likeness (QED) is 0.767. The van der Waals surface area contributed by atoms with Crippen LogP contribution in [-0.2, 0) is 4.79 Å². The van der Waals surface area contributed by atoms with E-state index in [1.54, 1.807) is 24.3 Å². The number of nitrogens with one attached hydrogen (secondary N) is 2. The summed E-state index contributed by atoms with van der Waals surface area (Å²) in [6.07, 6.45) is 0. The molecule has 2 aromatic carbocycles. The van der Waals surface area contributed by atoms with Gasteiger partial charge in [-0.05, 0) is 35.7 Å². The number of amides is 2. The maximum absolute atomic E-state index is 12.0. The number of primary amides is 1. The molecule has 120 valence electrons. The molecule has 2 rings (SSSR count). The fourth-order valence-electron chi connectivity index (χ4n) is 2.18. The van der Waals surface area contributed by atoms with Gasteiger partial charge in [-0.2, -0.15) is 0 Å². The minimum atomic E-state index is -0.530. The molecule has 5 heteroatoms. The fourth-order valence-corrected chi connectivity index (χ4v) is 2.18. The molecule has 0 spiro atoms. The highest BCUT2D eigenvalue weighted by Gasteiger charge is 2.09. The second-order valence-corrected chi connectivity index (χ2v) is 5.59. The topological polar surface area (TPSA) is 84.2 Å². The molecule has 0 aliphatic heterocycles. The Bertz CT molecular complexity index is 694. The Labute approximate surface area is 135 Å². The summed E-state index contributed by atoms with van der Waals surface area (Å²) in [6, 6.07) is 14.6. The Morgan fingerprint density at radius 1 is 1.04 bits per heavy atom. The van der Waals surface area contributed by atoms with Crippen molar-refractivity contribution >= 4 is 23.2 Å². The van der Waals surface area contributed by atoms with E-state index in [2.05, 4.69) is 24.5 Å². The van der Waals surface area contributed by atoms with Crippen LogP contribution in [0.1, 0.15) is 35.7 Å². The first-order valence-corrected chi connectivity index (χ1v) is 7.50. The third kappa shape index (κ3) is 4.57. The zero-order valence-electron chi connectivity index (χ0n) is 13.3. The van der Waals surface area contributed by atoms with Crippen molar-refractivity contribution in [1.82, 2.24) is 0 Å². The highest BCUT2D eigenvalue weighted by molar-refractivity contribution is 6.00. The van der Waals surface area contributed by atoms with E-state index in [1.807, 2.05) is 24.3 Å². The van der Waals surface area contributed by atoms with Crippen molar-refractivity contribution in [2.75, 3.05) is 17.2 Å². The van der Waals surface area contributed by atoms with E-state index >= 15 is 0 Å². The smallest absolute Gasteiger partial charge is 0.250 e. The summed E-state index contributed by atoms with van der Waals surface area (Å²) in [5.74, 6) is -0.272. The monoisotopic (exact) mass is 311 g/mol. The largest absolute Gasteiger partial charge is 0.376 e. The van der Waals surface area contributed by atoms with Gasteiger partial charge in [0.1, 0.15) is 0 Å². The summed E-state index contributed by atoms with van der Waals surface area (Å²) in [7, 11) is 0. The van der Waals surface area contributed by atoms with E-state index in [0.29, 0.717) is 17.2 Å². The molecule has 2 aromatic rings. The number of para-hydroxylation sites is 1. The summed E-state index contributed by atoms with van der Waals surface area (Å²) < 4.78 is 0. The second kappa shape index (κ2) is 7.45. The Morgan fingerprint density at radius 2 is 1.70 bits per heavy atom. The van der Waals surface area contributed by atoms with E-state index in [0.717, 1.165) is 5.69 Å². The summed E-state index contributed by atoms with van der Waals surface area (Å²) >= 11 is 0. The average molecular weight is 311 g/mol. The minimum Gasteiger partial charge on any atom is -0.376 e. The first-order chi connectivity index (χ1) is 11.0. The van der Waals surface area contributed by atoms with Crippen molar-refractivity contribution in [3.8, 4) is 0 Å². The van der Waals surface area contributed by atoms with Crippen LogP contribution in [0.3, 0.4) is 0 Å². The third-order valence-corrected chi connectivity index (χ3v) is 3.49. The van der Waals surface area contributed by atoms with Crippen molar-refractivity contribution < 1.29 is 9.59 Å². The number of carbonyl (C=O) groups excluding carboxylic acids is 2. The maximum atomic E-state index is 12.0. The number of carbonyl (C=O) groups is 2. The SMILES string of the molecule is CC(C)c1ccc(NC(=O)CNc2ccccc2C(N)=O)cc1. The molecule has 0 aliphatic rings. The number of benzene rings is 2.